The third-order valence-corrected chi connectivity index (χ3v) is 9.36. The van der Waals surface area contributed by atoms with Gasteiger partial charge in [-0.25, -0.2) is 0 Å². The van der Waals surface area contributed by atoms with Crippen LogP contribution in [0.4, 0.5) is 0 Å². The summed E-state index contributed by atoms with van der Waals surface area (Å²) in [5.41, 5.74) is 20.9. The molecule has 0 N–H and O–H groups in total. The van der Waals surface area contributed by atoms with Gasteiger partial charge in [0.05, 0.1) is 0 Å². The van der Waals surface area contributed by atoms with Crippen LogP contribution in [0.25, 0.3) is 0 Å². The molecule has 6 rings (SSSR count). The molecule has 0 heterocycles. The lowest BCUT2D eigenvalue weighted by molar-refractivity contribution is 0.436. The van der Waals surface area contributed by atoms with Crippen LogP contribution in [0.1, 0.15) is 93.9 Å². The molecule has 6 aliphatic rings. The van der Waals surface area contributed by atoms with E-state index in [4.69, 9.17) is 0 Å². The molecule has 0 bridgehead atoms. The van der Waals surface area contributed by atoms with Crippen molar-refractivity contribution in [2.75, 3.05) is 0 Å². The van der Waals surface area contributed by atoms with Gasteiger partial charge in [-0.2, -0.15) is 0 Å². The number of fused-ring (bicyclic) bond motifs is 4. The molecule has 0 saturated carbocycles. The van der Waals surface area contributed by atoms with E-state index in [2.05, 4.69) is 67.5 Å². The lowest BCUT2D eigenvalue weighted by atomic mass is 9.67. The Hall–Kier alpha value is -1.82. The predicted octanol–water partition coefficient (Wildman–Crippen LogP) is 9.11. The van der Waals surface area contributed by atoms with Gasteiger partial charge in [0.2, 0.25) is 0 Å². The molecule has 0 aliphatic heterocycles. The van der Waals surface area contributed by atoms with Crippen LogP contribution in [0.3, 0.4) is 0 Å². The van der Waals surface area contributed by atoms with Gasteiger partial charge in [0.1, 0.15) is 0 Å². The fourth-order valence-corrected chi connectivity index (χ4v) is 7.88. The van der Waals surface area contributed by atoms with Crippen LogP contribution in [-0.2, 0) is 0 Å². The van der Waals surface area contributed by atoms with Crippen molar-refractivity contribution >= 4 is 0 Å². The second kappa shape index (κ2) is 6.40. The molecule has 0 amide bonds. The summed E-state index contributed by atoms with van der Waals surface area (Å²) < 4.78 is 0. The Kier molecular flexibility index (Phi) is 4.15. The minimum atomic E-state index is 0.251. The number of rotatable bonds is 2. The molecule has 6 aliphatic carbocycles. The first-order valence-corrected chi connectivity index (χ1v) is 13.0. The third-order valence-electron chi connectivity index (χ3n) is 9.36. The van der Waals surface area contributed by atoms with E-state index in [-0.39, 0.29) is 10.8 Å². The first-order valence-electron chi connectivity index (χ1n) is 13.0. The van der Waals surface area contributed by atoms with Crippen molar-refractivity contribution in [1.82, 2.24) is 0 Å². The molecule has 32 heavy (non-hydrogen) atoms. The Balaban J connectivity index is 1.40. The summed E-state index contributed by atoms with van der Waals surface area (Å²) in [5.74, 6) is 1.33. The smallest absolute Gasteiger partial charge is 0.00138 e. The SMILES string of the molecule is CC(C)C1=CC2=C(C1)C1=C(C3=C(C1)C1=C(C3)C3=C(C=C(C(C)C)C3)CC1(C)C)C(C)(C)C2. The van der Waals surface area contributed by atoms with Gasteiger partial charge in [0.15, 0.2) is 0 Å². The highest BCUT2D eigenvalue weighted by Gasteiger charge is 2.49. The third kappa shape index (κ3) is 2.68. The van der Waals surface area contributed by atoms with E-state index >= 15 is 0 Å². The predicted molar refractivity (Wildman–Crippen MR) is 136 cm³/mol. The summed E-state index contributed by atoms with van der Waals surface area (Å²) >= 11 is 0. The Morgan fingerprint density at radius 3 is 1.25 bits per heavy atom. The summed E-state index contributed by atoms with van der Waals surface area (Å²) in [7, 11) is 0. The van der Waals surface area contributed by atoms with Gasteiger partial charge in [0, 0.05) is 0 Å². The largest absolute Gasteiger partial charge is 0.0630 e. The summed E-state index contributed by atoms with van der Waals surface area (Å²) in [4.78, 5) is 0. The second-order valence-corrected chi connectivity index (χ2v) is 13.2. The maximum Gasteiger partial charge on any atom is -0.00138 e. The molecule has 0 nitrogen and oxygen atoms in total. The van der Waals surface area contributed by atoms with E-state index in [1.807, 2.05) is 0 Å². The molecule has 0 radical (unpaired) electrons. The van der Waals surface area contributed by atoms with E-state index in [9.17, 15) is 0 Å². The number of hydrogen-bond donors (Lipinski definition) is 0. The summed E-state index contributed by atoms with van der Waals surface area (Å²) in [6, 6.07) is 0. The van der Waals surface area contributed by atoms with Gasteiger partial charge in [-0.05, 0) is 117 Å². The van der Waals surface area contributed by atoms with Gasteiger partial charge in [0.25, 0.3) is 0 Å². The van der Waals surface area contributed by atoms with Crippen molar-refractivity contribution in [3.8, 4) is 0 Å². The van der Waals surface area contributed by atoms with Crippen molar-refractivity contribution in [1.29, 1.82) is 0 Å². The van der Waals surface area contributed by atoms with E-state index in [0.29, 0.717) is 11.8 Å². The first kappa shape index (κ1) is 20.8. The zero-order valence-corrected chi connectivity index (χ0v) is 21.6. The average Bonchev–Trinajstić information content (AvgIpc) is 3.38. The minimum Gasteiger partial charge on any atom is -0.0630 e. The Morgan fingerprint density at radius 2 is 0.906 bits per heavy atom. The molecule has 0 fully saturated rings. The van der Waals surface area contributed by atoms with Crippen molar-refractivity contribution in [3.05, 3.63) is 79.0 Å². The monoisotopic (exact) mass is 424 g/mol. The van der Waals surface area contributed by atoms with Crippen LogP contribution < -0.4 is 0 Å². The topological polar surface area (TPSA) is 0 Å². The molecule has 0 saturated heterocycles. The highest BCUT2D eigenvalue weighted by Crippen LogP contribution is 2.64. The van der Waals surface area contributed by atoms with Gasteiger partial charge in [-0.3, -0.25) is 0 Å². The summed E-state index contributed by atoms with van der Waals surface area (Å²) in [6.07, 6.45) is 12.4. The van der Waals surface area contributed by atoms with E-state index in [1.54, 1.807) is 66.9 Å². The molecule has 168 valence electrons. The Morgan fingerprint density at radius 1 is 0.531 bits per heavy atom. The highest BCUT2D eigenvalue weighted by molar-refractivity contribution is 5.75. The van der Waals surface area contributed by atoms with E-state index in [0.717, 1.165) is 0 Å². The van der Waals surface area contributed by atoms with Gasteiger partial charge in [-0.15, -0.1) is 0 Å². The fraction of sp³-hybridized carbons (Fsp3) is 0.562. The molecular weight excluding hydrogens is 384 g/mol. The van der Waals surface area contributed by atoms with Crippen LogP contribution >= 0.6 is 0 Å². The summed E-state index contributed by atoms with van der Waals surface area (Å²) in [5, 5.41) is 0. The van der Waals surface area contributed by atoms with Gasteiger partial charge in [-0.1, -0.05) is 78.7 Å². The summed E-state index contributed by atoms with van der Waals surface area (Å²) in [6.45, 7) is 19.5. The number of hydrogen-bond acceptors (Lipinski definition) is 0. The maximum absolute atomic E-state index is 2.57. The minimum absolute atomic E-state index is 0.251. The first-order chi connectivity index (χ1) is 15.0. The highest BCUT2D eigenvalue weighted by atomic mass is 14.5. The van der Waals surface area contributed by atoms with E-state index < -0.39 is 0 Å². The van der Waals surface area contributed by atoms with Gasteiger partial charge < -0.3 is 0 Å². The Labute approximate surface area is 195 Å². The standard InChI is InChI=1S/C32H40/c1-17(2)19-9-21-15-31(5,6)29-25(23(21)11-19)13-27-28(29)14-26-24-12-20(18(3)4)10-22(24)16-32(7,8)30(26)27/h9-10,17-18H,11-16H2,1-8H3. The fourth-order valence-electron chi connectivity index (χ4n) is 7.88. The maximum atomic E-state index is 2.57. The van der Waals surface area contributed by atoms with Crippen LogP contribution in [0, 0.1) is 22.7 Å². The zero-order chi connectivity index (χ0) is 22.7. The molecular formula is C32H40. The van der Waals surface area contributed by atoms with Crippen molar-refractivity contribution in [3.63, 3.8) is 0 Å². The van der Waals surface area contributed by atoms with Crippen LogP contribution in [0.5, 0.6) is 0 Å². The zero-order valence-electron chi connectivity index (χ0n) is 21.6. The van der Waals surface area contributed by atoms with Gasteiger partial charge >= 0.3 is 0 Å². The van der Waals surface area contributed by atoms with Crippen LogP contribution in [0.2, 0.25) is 0 Å². The van der Waals surface area contributed by atoms with Crippen LogP contribution in [-0.4, -0.2) is 0 Å². The molecule has 0 spiro atoms. The lowest BCUT2D eigenvalue weighted by Crippen LogP contribution is -2.23. The molecule has 0 aromatic heterocycles. The van der Waals surface area contributed by atoms with Crippen molar-refractivity contribution < 1.29 is 0 Å². The molecule has 0 heteroatoms. The molecule has 0 aromatic carbocycles. The second-order valence-electron chi connectivity index (χ2n) is 13.2. The lowest BCUT2D eigenvalue weighted by Gasteiger charge is -2.37. The van der Waals surface area contributed by atoms with Crippen LogP contribution in [0.15, 0.2) is 79.0 Å². The molecule has 0 unspecified atom stereocenters. The quantitative estimate of drug-likeness (QED) is 0.414. The molecule has 0 atom stereocenters. The van der Waals surface area contributed by atoms with E-state index in [1.165, 1.54) is 38.5 Å². The number of allylic oxidation sites excluding steroid dienone is 14. The van der Waals surface area contributed by atoms with Crippen molar-refractivity contribution in [2.24, 2.45) is 22.7 Å². The normalized spacial score (nSPS) is 27.4. The average molecular weight is 425 g/mol. The molecule has 0 aromatic rings. The van der Waals surface area contributed by atoms with Crippen molar-refractivity contribution in [2.45, 2.75) is 93.9 Å². The Bertz CT molecular complexity index is 1090.